The summed E-state index contributed by atoms with van der Waals surface area (Å²) in [5.74, 6) is 0. The number of rotatable bonds is 6. The molecule has 0 heterocycles. The maximum Gasteiger partial charge on any atom is 0.0998 e. The molecule has 3 nitrogen and oxygen atoms in total. The van der Waals surface area contributed by atoms with Crippen LogP contribution in [0.2, 0.25) is 0 Å². The topological polar surface area (TPSA) is 50.8 Å². The van der Waals surface area contributed by atoms with E-state index >= 15 is 0 Å². The predicted octanol–water partition coefficient (Wildman–Crippen LogP) is 4.66. The summed E-state index contributed by atoms with van der Waals surface area (Å²) in [6.07, 6.45) is 3.40. The second-order valence-electron chi connectivity index (χ2n) is 5.64. The molecule has 3 heteroatoms. The molecule has 0 spiro atoms. The van der Waals surface area contributed by atoms with Gasteiger partial charge in [0.1, 0.15) is 0 Å². The van der Waals surface area contributed by atoms with Gasteiger partial charge in [-0.05, 0) is 41.3 Å². The molecule has 0 amide bonds. The number of allylic oxidation sites excluding steroid dienone is 1. The smallest absolute Gasteiger partial charge is 0.0998 e. The van der Waals surface area contributed by atoms with Gasteiger partial charge >= 0.3 is 0 Å². The SMILES string of the molecule is CCc1ccc(/C(C#N)=C\c2ccc(N(C)CCC#N)cc2)cc1. The first-order valence-electron chi connectivity index (χ1n) is 8.07. The van der Waals surface area contributed by atoms with Crippen LogP contribution in [0.4, 0.5) is 5.69 Å². The Morgan fingerprint density at radius 2 is 1.71 bits per heavy atom. The van der Waals surface area contributed by atoms with Gasteiger partial charge in [-0.1, -0.05) is 43.3 Å². The zero-order valence-electron chi connectivity index (χ0n) is 14.2. The lowest BCUT2D eigenvalue weighted by Gasteiger charge is -2.17. The van der Waals surface area contributed by atoms with Gasteiger partial charge in [0.05, 0.1) is 24.1 Å². The Balaban J connectivity index is 2.19. The zero-order valence-corrected chi connectivity index (χ0v) is 14.2. The van der Waals surface area contributed by atoms with Crippen LogP contribution in [0.25, 0.3) is 11.6 Å². The molecule has 0 fully saturated rings. The average molecular weight is 315 g/mol. The Morgan fingerprint density at radius 1 is 1.04 bits per heavy atom. The number of nitrogens with zero attached hydrogens (tertiary/aromatic N) is 3. The Labute approximate surface area is 144 Å². The van der Waals surface area contributed by atoms with Crippen molar-refractivity contribution in [2.24, 2.45) is 0 Å². The quantitative estimate of drug-likeness (QED) is 0.575. The number of anilines is 1. The summed E-state index contributed by atoms with van der Waals surface area (Å²) in [6, 6.07) is 20.6. The van der Waals surface area contributed by atoms with Gasteiger partial charge in [-0.2, -0.15) is 10.5 Å². The highest BCUT2D eigenvalue weighted by Gasteiger charge is 2.03. The van der Waals surface area contributed by atoms with Crippen molar-refractivity contribution in [1.29, 1.82) is 10.5 Å². The van der Waals surface area contributed by atoms with E-state index in [-0.39, 0.29) is 0 Å². The lowest BCUT2D eigenvalue weighted by atomic mass is 10.0. The molecule has 0 unspecified atom stereocenters. The Hall–Kier alpha value is -3.04. The molecular weight excluding hydrogens is 294 g/mol. The molecule has 2 aromatic carbocycles. The third-order valence-corrected chi connectivity index (χ3v) is 4.00. The summed E-state index contributed by atoms with van der Waals surface area (Å²) < 4.78 is 0. The van der Waals surface area contributed by atoms with Crippen molar-refractivity contribution in [2.45, 2.75) is 19.8 Å². The van der Waals surface area contributed by atoms with E-state index in [1.54, 1.807) is 0 Å². The third-order valence-electron chi connectivity index (χ3n) is 4.00. The van der Waals surface area contributed by atoms with E-state index in [4.69, 9.17) is 5.26 Å². The van der Waals surface area contributed by atoms with E-state index in [2.05, 4.69) is 31.2 Å². The van der Waals surface area contributed by atoms with E-state index in [9.17, 15) is 5.26 Å². The van der Waals surface area contributed by atoms with Crippen molar-refractivity contribution in [3.8, 4) is 12.1 Å². The van der Waals surface area contributed by atoms with Gasteiger partial charge in [0, 0.05) is 19.3 Å². The number of nitriles is 2. The zero-order chi connectivity index (χ0) is 17.4. The van der Waals surface area contributed by atoms with Crippen LogP contribution < -0.4 is 4.90 Å². The lowest BCUT2D eigenvalue weighted by Crippen LogP contribution is -2.17. The summed E-state index contributed by atoms with van der Waals surface area (Å²) >= 11 is 0. The minimum absolute atomic E-state index is 0.504. The van der Waals surface area contributed by atoms with E-state index in [0.717, 1.165) is 23.2 Å². The van der Waals surface area contributed by atoms with Gasteiger partial charge in [0.15, 0.2) is 0 Å². The molecule has 0 radical (unpaired) electrons. The summed E-state index contributed by atoms with van der Waals surface area (Å²) in [7, 11) is 1.97. The van der Waals surface area contributed by atoms with Crippen LogP contribution in [0, 0.1) is 22.7 Å². The van der Waals surface area contributed by atoms with Gasteiger partial charge in [-0.15, -0.1) is 0 Å². The molecule has 0 aromatic heterocycles. The van der Waals surface area contributed by atoms with Gasteiger partial charge < -0.3 is 4.90 Å². The first kappa shape index (κ1) is 17.3. The van der Waals surface area contributed by atoms with Gasteiger partial charge in [-0.3, -0.25) is 0 Å². The first-order valence-corrected chi connectivity index (χ1v) is 8.07. The van der Waals surface area contributed by atoms with Crippen molar-refractivity contribution >= 4 is 17.3 Å². The molecule has 2 aromatic rings. The van der Waals surface area contributed by atoms with Crippen molar-refractivity contribution in [3.05, 3.63) is 65.2 Å². The van der Waals surface area contributed by atoms with Crippen molar-refractivity contribution in [1.82, 2.24) is 0 Å². The van der Waals surface area contributed by atoms with Crippen molar-refractivity contribution in [2.75, 3.05) is 18.5 Å². The van der Waals surface area contributed by atoms with Crippen molar-refractivity contribution in [3.63, 3.8) is 0 Å². The van der Waals surface area contributed by atoms with Crippen molar-refractivity contribution < 1.29 is 0 Å². The molecule has 0 bridgehead atoms. The molecule has 0 N–H and O–H groups in total. The second-order valence-corrected chi connectivity index (χ2v) is 5.64. The fourth-order valence-corrected chi connectivity index (χ4v) is 2.44. The van der Waals surface area contributed by atoms with Crippen LogP contribution in [0.3, 0.4) is 0 Å². The molecule has 0 atom stereocenters. The summed E-state index contributed by atoms with van der Waals surface area (Å²) in [4.78, 5) is 2.05. The van der Waals surface area contributed by atoms with E-state index in [1.807, 2.05) is 54.4 Å². The molecule has 0 saturated heterocycles. The van der Waals surface area contributed by atoms with E-state index in [1.165, 1.54) is 5.56 Å². The molecule has 2 rings (SSSR count). The molecule has 0 aliphatic carbocycles. The summed E-state index contributed by atoms with van der Waals surface area (Å²) in [6.45, 7) is 2.82. The standard InChI is InChI=1S/C21H21N3/c1-3-17-5-9-19(10-6-17)20(16-23)15-18-7-11-21(12-8-18)24(2)14-4-13-22/h5-12,15H,3-4,14H2,1-2H3/b20-15-. The largest absolute Gasteiger partial charge is 0.374 e. The highest BCUT2D eigenvalue weighted by Crippen LogP contribution is 2.21. The van der Waals surface area contributed by atoms with Crippen LogP contribution >= 0.6 is 0 Å². The van der Waals surface area contributed by atoms with Gasteiger partial charge in [-0.25, -0.2) is 0 Å². The Bertz CT molecular complexity index is 772. The van der Waals surface area contributed by atoms with Crippen LogP contribution in [-0.2, 0) is 6.42 Å². The minimum Gasteiger partial charge on any atom is -0.374 e. The van der Waals surface area contributed by atoms with Crippen LogP contribution in [-0.4, -0.2) is 13.6 Å². The Kier molecular flexibility index (Phi) is 6.17. The molecule has 0 aliphatic rings. The molecular formula is C21H21N3. The second kappa shape index (κ2) is 8.56. The highest BCUT2D eigenvalue weighted by molar-refractivity contribution is 5.89. The van der Waals surface area contributed by atoms with Crippen LogP contribution in [0.5, 0.6) is 0 Å². The average Bonchev–Trinajstić information content (AvgIpc) is 2.64. The fraction of sp³-hybridized carbons (Fsp3) is 0.238. The number of hydrogen-bond acceptors (Lipinski definition) is 3. The highest BCUT2D eigenvalue weighted by atomic mass is 15.1. The predicted molar refractivity (Wildman–Crippen MR) is 99.2 cm³/mol. The maximum absolute atomic E-state index is 9.45. The minimum atomic E-state index is 0.504. The molecule has 0 aliphatic heterocycles. The third kappa shape index (κ3) is 4.48. The van der Waals surface area contributed by atoms with E-state index in [0.29, 0.717) is 18.5 Å². The molecule has 24 heavy (non-hydrogen) atoms. The number of benzene rings is 2. The Morgan fingerprint density at radius 3 is 2.25 bits per heavy atom. The summed E-state index contributed by atoms with van der Waals surface area (Å²) in [5, 5.41) is 18.1. The van der Waals surface area contributed by atoms with Crippen LogP contribution in [0.1, 0.15) is 30.0 Å². The molecule has 120 valence electrons. The molecule has 0 saturated carbocycles. The monoisotopic (exact) mass is 315 g/mol. The maximum atomic E-state index is 9.45. The number of aryl methyl sites for hydroxylation is 1. The summed E-state index contributed by atoms with van der Waals surface area (Å²) in [5.41, 5.74) is 4.91. The number of hydrogen-bond donors (Lipinski definition) is 0. The van der Waals surface area contributed by atoms with Gasteiger partial charge in [0.2, 0.25) is 0 Å². The van der Waals surface area contributed by atoms with E-state index < -0.39 is 0 Å². The fourth-order valence-electron chi connectivity index (χ4n) is 2.44. The lowest BCUT2D eigenvalue weighted by molar-refractivity contribution is 0.905. The van der Waals surface area contributed by atoms with Gasteiger partial charge in [0.25, 0.3) is 0 Å². The first-order chi connectivity index (χ1) is 11.7. The van der Waals surface area contributed by atoms with Crippen LogP contribution in [0.15, 0.2) is 48.5 Å². The normalized spacial score (nSPS) is 10.8.